The predicted octanol–water partition coefficient (Wildman–Crippen LogP) is 3.20. The topological polar surface area (TPSA) is 65.5 Å². The summed E-state index contributed by atoms with van der Waals surface area (Å²) in [5.41, 5.74) is 6.51. The highest BCUT2D eigenvalue weighted by Crippen LogP contribution is 2.21. The number of hydrogen-bond donors (Lipinski definition) is 1. The lowest BCUT2D eigenvalue weighted by Crippen LogP contribution is -2.07. The van der Waals surface area contributed by atoms with Crippen LogP contribution in [0.5, 0.6) is 5.75 Å². The average molecular weight is 245 g/mol. The van der Waals surface area contributed by atoms with Crippen LogP contribution >= 0.6 is 0 Å². The van der Waals surface area contributed by atoms with Gasteiger partial charge in [-0.3, -0.25) is 0 Å². The summed E-state index contributed by atoms with van der Waals surface area (Å²) in [6.45, 7) is 4.16. The fraction of sp³-hybridized carbons (Fsp3) is 0.214. The highest BCUT2D eigenvalue weighted by Gasteiger charge is 2.13. The van der Waals surface area contributed by atoms with Gasteiger partial charge in [0.15, 0.2) is 5.88 Å². The third kappa shape index (κ3) is 2.71. The van der Waals surface area contributed by atoms with E-state index in [2.05, 4.69) is 13.8 Å². The largest absolute Gasteiger partial charge is 0.434 e. The molecule has 1 aromatic heterocycles. The third-order valence-electron chi connectivity index (χ3n) is 2.56. The van der Waals surface area contributed by atoms with Gasteiger partial charge in [-0.2, -0.15) is 0 Å². The van der Waals surface area contributed by atoms with Crippen molar-refractivity contribution >= 4 is 11.9 Å². The lowest BCUT2D eigenvalue weighted by atomic mass is 10.0. The number of carbonyl (C=O) groups is 1. The van der Waals surface area contributed by atoms with Crippen LogP contribution in [-0.2, 0) is 0 Å². The van der Waals surface area contributed by atoms with Crippen LogP contribution in [0.15, 0.2) is 40.8 Å². The molecule has 2 aromatic rings. The smallest absolute Gasteiger partial charge is 0.379 e. The molecule has 4 nitrogen and oxygen atoms in total. The Balaban J connectivity index is 2.14. The molecule has 0 fully saturated rings. The van der Waals surface area contributed by atoms with E-state index in [-0.39, 0.29) is 11.6 Å². The molecule has 0 amide bonds. The maximum absolute atomic E-state index is 11.7. The molecule has 2 N–H and O–H groups in total. The van der Waals surface area contributed by atoms with E-state index in [1.165, 1.54) is 12.1 Å². The minimum atomic E-state index is -0.549. The molecule has 0 aliphatic heterocycles. The van der Waals surface area contributed by atoms with Crippen LogP contribution < -0.4 is 10.5 Å². The lowest BCUT2D eigenvalue weighted by Gasteiger charge is -2.07. The number of nitrogens with two attached hydrogens (primary N) is 1. The molecule has 0 spiro atoms. The summed E-state index contributed by atoms with van der Waals surface area (Å²) in [7, 11) is 0. The number of benzene rings is 1. The molecule has 0 atom stereocenters. The number of anilines is 1. The SMILES string of the molecule is CC(C)c1cccc(OC(=O)c2ccc(N)o2)c1. The molecule has 2 rings (SSSR count). The van der Waals surface area contributed by atoms with Crippen LogP contribution in [0.25, 0.3) is 0 Å². The molecule has 0 radical (unpaired) electrons. The quantitative estimate of drug-likeness (QED) is 0.666. The molecule has 0 unspecified atom stereocenters. The number of nitrogen functional groups attached to an aromatic ring is 1. The summed E-state index contributed by atoms with van der Waals surface area (Å²) in [5.74, 6) is 0.622. The highest BCUT2D eigenvalue weighted by molar-refractivity contribution is 5.88. The maximum atomic E-state index is 11.7. The van der Waals surface area contributed by atoms with Crippen molar-refractivity contribution in [2.24, 2.45) is 0 Å². The Kier molecular flexibility index (Phi) is 3.37. The normalized spacial score (nSPS) is 10.6. The zero-order valence-electron chi connectivity index (χ0n) is 10.3. The van der Waals surface area contributed by atoms with Gasteiger partial charge in [0, 0.05) is 6.07 Å². The van der Waals surface area contributed by atoms with Gasteiger partial charge in [-0.25, -0.2) is 4.79 Å². The summed E-state index contributed by atoms with van der Waals surface area (Å²) in [4.78, 5) is 11.7. The zero-order valence-corrected chi connectivity index (χ0v) is 10.3. The van der Waals surface area contributed by atoms with E-state index in [1.54, 1.807) is 6.07 Å². The minimum Gasteiger partial charge on any atom is -0.434 e. The number of furan rings is 1. The van der Waals surface area contributed by atoms with Crippen molar-refractivity contribution in [3.63, 3.8) is 0 Å². The van der Waals surface area contributed by atoms with Gasteiger partial charge in [0.25, 0.3) is 0 Å². The van der Waals surface area contributed by atoms with Crippen LogP contribution in [0.2, 0.25) is 0 Å². The van der Waals surface area contributed by atoms with E-state index >= 15 is 0 Å². The Labute approximate surface area is 105 Å². The summed E-state index contributed by atoms with van der Waals surface area (Å²) in [6, 6.07) is 10.4. The van der Waals surface area contributed by atoms with Gasteiger partial charge in [0.05, 0.1) is 0 Å². The van der Waals surface area contributed by atoms with Crippen molar-refractivity contribution in [1.29, 1.82) is 0 Å². The van der Waals surface area contributed by atoms with Gasteiger partial charge < -0.3 is 14.9 Å². The second-order valence-corrected chi connectivity index (χ2v) is 4.32. The minimum absolute atomic E-state index is 0.0995. The predicted molar refractivity (Wildman–Crippen MR) is 68.6 cm³/mol. The van der Waals surface area contributed by atoms with Crippen molar-refractivity contribution < 1.29 is 13.9 Å². The van der Waals surface area contributed by atoms with Gasteiger partial charge in [0.2, 0.25) is 5.76 Å². The molecule has 1 heterocycles. The number of esters is 1. The summed E-state index contributed by atoms with van der Waals surface area (Å²) in [6.07, 6.45) is 0. The van der Waals surface area contributed by atoms with Crippen LogP contribution in [-0.4, -0.2) is 5.97 Å². The zero-order chi connectivity index (χ0) is 13.1. The summed E-state index contributed by atoms with van der Waals surface area (Å²) >= 11 is 0. The molecule has 0 saturated heterocycles. The molecule has 4 heteroatoms. The monoisotopic (exact) mass is 245 g/mol. The average Bonchev–Trinajstić information content (AvgIpc) is 2.76. The first-order chi connectivity index (χ1) is 8.56. The summed E-state index contributed by atoms with van der Waals surface area (Å²) in [5, 5.41) is 0. The van der Waals surface area contributed by atoms with Crippen molar-refractivity contribution in [2.75, 3.05) is 5.73 Å². The van der Waals surface area contributed by atoms with Gasteiger partial charge >= 0.3 is 5.97 Å². The molecule has 0 saturated carbocycles. The summed E-state index contributed by atoms with van der Waals surface area (Å²) < 4.78 is 10.2. The molecule has 0 aliphatic rings. The van der Waals surface area contributed by atoms with Crippen LogP contribution in [0.1, 0.15) is 35.9 Å². The first-order valence-electron chi connectivity index (χ1n) is 5.73. The Morgan fingerprint density at radius 3 is 2.67 bits per heavy atom. The standard InChI is InChI=1S/C14H15NO3/c1-9(2)10-4-3-5-11(8-10)17-14(16)12-6-7-13(15)18-12/h3-9H,15H2,1-2H3. The Morgan fingerprint density at radius 1 is 1.28 bits per heavy atom. The van der Waals surface area contributed by atoms with Crippen molar-refractivity contribution in [3.8, 4) is 5.75 Å². The van der Waals surface area contributed by atoms with E-state index in [0.29, 0.717) is 11.7 Å². The molecular weight excluding hydrogens is 230 g/mol. The molecule has 18 heavy (non-hydrogen) atoms. The fourth-order valence-electron chi connectivity index (χ4n) is 1.56. The number of hydrogen-bond acceptors (Lipinski definition) is 4. The van der Waals surface area contributed by atoms with Crippen molar-refractivity contribution in [2.45, 2.75) is 19.8 Å². The second-order valence-electron chi connectivity index (χ2n) is 4.32. The van der Waals surface area contributed by atoms with E-state index in [9.17, 15) is 4.79 Å². The van der Waals surface area contributed by atoms with Crippen molar-refractivity contribution in [3.05, 3.63) is 47.7 Å². The van der Waals surface area contributed by atoms with Crippen LogP contribution in [0.3, 0.4) is 0 Å². The van der Waals surface area contributed by atoms with Gasteiger partial charge in [0.1, 0.15) is 5.75 Å². The third-order valence-corrected chi connectivity index (χ3v) is 2.56. The van der Waals surface area contributed by atoms with Crippen LogP contribution in [0.4, 0.5) is 5.88 Å². The number of carbonyl (C=O) groups excluding carboxylic acids is 1. The van der Waals surface area contributed by atoms with Crippen LogP contribution in [0, 0.1) is 0 Å². The molecule has 1 aromatic carbocycles. The van der Waals surface area contributed by atoms with Gasteiger partial charge in [-0.15, -0.1) is 0 Å². The van der Waals surface area contributed by atoms with Gasteiger partial charge in [-0.05, 0) is 29.7 Å². The Bertz CT molecular complexity index is 558. The Morgan fingerprint density at radius 2 is 2.06 bits per heavy atom. The molecular formula is C14H15NO3. The highest BCUT2D eigenvalue weighted by atomic mass is 16.5. The first-order valence-corrected chi connectivity index (χ1v) is 5.73. The van der Waals surface area contributed by atoms with Crippen molar-refractivity contribution in [1.82, 2.24) is 0 Å². The van der Waals surface area contributed by atoms with E-state index in [0.717, 1.165) is 5.56 Å². The second kappa shape index (κ2) is 4.96. The maximum Gasteiger partial charge on any atom is 0.379 e. The molecule has 94 valence electrons. The molecule has 0 aliphatic carbocycles. The molecule has 0 bridgehead atoms. The van der Waals surface area contributed by atoms with E-state index < -0.39 is 5.97 Å². The van der Waals surface area contributed by atoms with Gasteiger partial charge in [-0.1, -0.05) is 26.0 Å². The number of ether oxygens (including phenoxy) is 1. The van der Waals surface area contributed by atoms with E-state index in [4.69, 9.17) is 14.9 Å². The fourth-order valence-corrected chi connectivity index (χ4v) is 1.56. The van der Waals surface area contributed by atoms with E-state index in [1.807, 2.05) is 18.2 Å². The number of rotatable bonds is 3. The lowest BCUT2D eigenvalue weighted by molar-refractivity contribution is 0.0702. The first kappa shape index (κ1) is 12.2. The Hall–Kier alpha value is -2.23.